The van der Waals surface area contributed by atoms with E-state index in [1.54, 1.807) is 0 Å². The molecule has 2 heteroatoms. The van der Waals surface area contributed by atoms with Gasteiger partial charge in [-0.15, -0.1) is 0 Å². The maximum atomic E-state index is 5.76. The molecule has 0 spiro atoms. The largest absolute Gasteiger partial charge is 0.326 e. The van der Waals surface area contributed by atoms with Crippen molar-refractivity contribution in [2.45, 2.75) is 40.7 Å². The van der Waals surface area contributed by atoms with E-state index in [9.17, 15) is 0 Å². The van der Waals surface area contributed by atoms with Gasteiger partial charge in [-0.05, 0) is 47.4 Å². The van der Waals surface area contributed by atoms with Crippen LogP contribution < -0.4 is 11.1 Å². The minimum atomic E-state index is 0.481. The van der Waals surface area contributed by atoms with Gasteiger partial charge in [-0.2, -0.15) is 0 Å². The van der Waals surface area contributed by atoms with Crippen LogP contribution in [-0.4, -0.2) is 13.1 Å². The summed E-state index contributed by atoms with van der Waals surface area (Å²) in [6.45, 7) is 12.3. The van der Waals surface area contributed by atoms with Gasteiger partial charge in [0.2, 0.25) is 0 Å². The highest BCUT2D eigenvalue weighted by molar-refractivity contribution is 5.27. The summed E-state index contributed by atoms with van der Waals surface area (Å²) in [6, 6.07) is 8.48. The molecule has 1 fully saturated rings. The van der Waals surface area contributed by atoms with E-state index in [0.717, 1.165) is 25.4 Å². The summed E-state index contributed by atoms with van der Waals surface area (Å²) >= 11 is 0. The van der Waals surface area contributed by atoms with Crippen LogP contribution in [0.2, 0.25) is 0 Å². The Bertz CT molecular complexity index is 421. The van der Waals surface area contributed by atoms with Crippen LogP contribution >= 0.6 is 0 Å². The summed E-state index contributed by atoms with van der Waals surface area (Å²) in [6.07, 6.45) is 1.07. The van der Waals surface area contributed by atoms with E-state index in [2.05, 4.69) is 57.3 Å². The van der Waals surface area contributed by atoms with Crippen molar-refractivity contribution in [3.8, 4) is 0 Å². The average Bonchev–Trinajstić information content (AvgIpc) is 2.76. The molecule has 0 unspecified atom stereocenters. The number of nitrogens with one attached hydrogen (secondary N) is 1. The van der Waals surface area contributed by atoms with Gasteiger partial charge in [-0.3, -0.25) is 0 Å². The van der Waals surface area contributed by atoms with Gasteiger partial charge < -0.3 is 11.1 Å². The molecule has 0 atom stereocenters. The predicted octanol–water partition coefficient (Wildman–Crippen LogP) is 2.96. The van der Waals surface area contributed by atoms with Crippen molar-refractivity contribution >= 4 is 0 Å². The van der Waals surface area contributed by atoms with Crippen LogP contribution in [0, 0.1) is 16.7 Å². The summed E-state index contributed by atoms with van der Waals surface area (Å²) in [5, 5.41) is 3.62. The molecular formula is C17H28N2. The third kappa shape index (κ3) is 2.70. The highest BCUT2D eigenvalue weighted by Crippen LogP contribution is 2.67. The van der Waals surface area contributed by atoms with Gasteiger partial charge in [0, 0.05) is 6.54 Å². The van der Waals surface area contributed by atoms with Gasteiger partial charge in [0.25, 0.3) is 0 Å². The van der Waals surface area contributed by atoms with Crippen molar-refractivity contribution in [2.75, 3.05) is 13.1 Å². The lowest BCUT2D eigenvalue weighted by molar-refractivity contribution is 0.457. The Balaban J connectivity index is 1.76. The van der Waals surface area contributed by atoms with Gasteiger partial charge >= 0.3 is 0 Å². The second kappa shape index (κ2) is 5.26. The van der Waals surface area contributed by atoms with Crippen LogP contribution in [0.5, 0.6) is 0 Å². The molecule has 0 aliphatic heterocycles. The monoisotopic (exact) mass is 260 g/mol. The fourth-order valence-electron chi connectivity index (χ4n) is 3.31. The van der Waals surface area contributed by atoms with Crippen molar-refractivity contribution in [1.82, 2.24) is 5.32 Å². The Morgan fingerprint density at radius 1 is 1.05 bits per heavy atom. The Kier molecular flexibility index (Phi) is 4.03. The van der Waals surface area contributed by atoms with Gasteiger partial charge in [0.15, 0.2) is 0 Å². The smallest absolute Gasteiger partial charge is 0.0180 e. The molecule has 0 aromatic heterocycles. The minimum Gasteiger partial charge on any atom is -0.326 e. The molecule has 0 saturated heterocycles. The van der Waals surface area contributed by atoms with E-state index >= 15 is 0 Å². The first-order chi connectivity index (χ1) is 8.91. The van der Waals surface area contributed by atoms with Crippen LogP contribution in [-0.2, 0) is 13.0 Å². The number of nitrogens with two attached hydrogens (primary N) is 1. The zero-order valence-corrected chi connectivity index (χ0v) is 12.8. The topological polar surface area (TPSA) is 38.0 Å². The molecule has 1 aliphatic carbocycles. The summed E-state index contributed by atoms with van der Waals surface area (Å²) < 4.78 is 0. The highest BCUT2D eigenvalue weighted by Gasteiger charge is 2.63. The maximum absolute atomic E-state index is 5.76. The Morgan fingerprint density at radius 2 is 1.63 bits per heavy atom. The zero-order valence-electron chi connectivity index (χ0n) is 12.8. The number of rotatable bonds is 6. The SMILES string of the molecule is CC1(C)C(CNCCc2ccccc2CN)C1(C)C. The lowest BCUT2D eigenvalue weighted by Gasteiger charge is -2.09. The van der Waals surface area contributed by atoms with Crippen molar-refractivity contribution in [3.63, 3.8) is 0 Å². The molecule has 3 N–H and O–H groups in total. The molecule has 0 bridgehead atoms. The van der Waals surface area contributed by atoms with Crippen LogP contribution in [0.4, 0.5) is 0 Å². The molecule has 1 aliphatic rings. The van der Waals surface area contributed by atoms with Gasteiger partial charge in [-0.1, -0.05) is 52.0 Å². The average molecular weight is 260 g/mol. The van der Waals surface area contributed by atoms with Gasteiger partial charge in [-0.25, -0.2) is 0 Å². The number of hydrogen-bond donors (Lipinski definition) is 2. The van der Waals surface area contributed by atoms with Crippen molar-refractivity contribution < 1.29 is 0 Å². The molecule has 1 aromatic carbocycles. The van der Waals surface area contributed by atoms with E-state index in [-0.39, 0.29) is 0 Å². The Labute approximate surface area is 117 Å². The maximum Gasteiger partial charge on any atom is 0.0180 e. The minimum absolute atomic E-state index is 0.481. The van der Waals surface area contributed by atoms with Crippen LogP contribution in [0.25, 0.3) is 0 Å². The van der Waals surface area contributed by atoms with E-state index in [1.807, 2.05) is 0 Å². The van der Waals surface area contributed by atoms with E-state index in [4.69, 9.17) is 5.73 Å². The van der Waals surface area contributed by atoms with E-state index in [1.165, 1.54) is 11.1 Å². The standard InChI is InChI=1S/C17H28N2/c1-16(2)15(17(16,3)4)12-19-10-9-13-7-5-6-8-14(13)11-18/h5-8,15,19H,9-12,18H2,1-4H3. The third-order valence-electron chi connectivity index (χ3n) is 5.58. The fraction of sp³-hybridized carbons (Fsp3) is 0.647. The summed E-state index contributed by atoms with van der Waals surface area (Å²) in [7, 11) is 0. The molecule has 106 valence electrons. The predicted molar refractivity (Wildman–Crippen MR) is 82.0 cm³/mol. The Hall–Kier alpha value is -0.860. The lowest BCUT2D eigenvalue weighted by Crippen LogP contribution is -2.22. The van der Waals surface area contributed by atoms with Crippen molar-refractivity contribution in [1.29, 1.82) is 0 Å². The fourth-order valence-corrected chi connectivity index (χ4v) is 3.31. The van der Waals surface area contributed by atoms with Crippen LogP contribution in [0.3, 0.4) is 0 Å². The first-order valence-corrected chi connectivity index (χ1v) is 7.39. The second-order valence-corrected chi connectivity index (χ2v) is 6.92. The third-order valence-corrected chi connectivity index (χ3v) is 5.58. The van der Waals surface area contributed by atoms with E-state index in [0.29, 0.717) is 17.4 Å². The van der Waals surface area contributed by atoms with Gasteiger partial charge in [0.05, 0.1) is 0 Å². The lowest BCUT2D eigenvalue weighted by atomic mass is 10.0. The zero-order chi connectivity index (χ0) is 14.1. The van der Waals surface area contributed by atoms with E-state index < -0.39 is 0 Å². The quantitative estimate of drug-likeness (QED) is 0.772. The number of hydrogen-bond acceptors (Lipinski definition) is 2. The first kappa shape index (κ1) is 14.5. The highest BCUT2D eigenvalue weighted by atomic mass is 14.9. The molecule has 2 nitrogen and oxygen atoms in total. The van der Waals surface area contributed by atoms with Crippen molar-refractivity contribution in [2.24, 2.45) is 22.5 Å². The van der Waals surface area contributed by atoms with Crippen molar-refractivity contribution in [3.05, 3.63) is 35.4 Å². The summed E-state index contributed by atoms with van der Waals surface area (Å²) in [5.74, 6) is 0.796. The normalized spacial score (nSPS) is 20.5. The molecule has 19 heavy (non-hydrogen) atoms. The molecule has 0 radical (unpaired) electrons. The molecule has 0 amide bonds. The second-order valence-electron chi connectivity index (χ2n) is 6.92. The van der Waals surface area contributed by atoms with Gasteiger partial charge in [0.1, 0.15) is 0 Å². The molecule has 1 saturated carbocycles. The molecule has 2 rings (SSSR count). The van der Waals surface area contributed by atoms with Crippen LogP contribution in [0.1, 0.15) is 38.8 Å². The molecular weight excluding hydrogens is 232 g/mol. The summed E-state index contributed by atoms with van der Waals surface area (Å²) in [5.41, 5.74) is 9.38. The molecule has 0 heterocycles. The molecule has 1 aromatic rings. The van der Waals surface area contributed by atoms with Crippen LogP contribution in [0.15, 0.2) is 24.3 Å². The number of benzene rings is 1. The summed E-state index contributed by atoms with van der Waals surface area (Å²) in [4.78, 5) is 0. The first-order valence-electron chi connectivity index (χ1n) is 7.39. The Morgan fingerprint density at radius 3 is 2.16 bits per heavy atom.